The van der Waals surface area contributed by atoms with Crippen molar-refractivity contribution in [1.82, 2.24) is 20.3 Å². The zero-order chi connectivity index (χ0) is 11.0. The first-order valence-corrected chi connectivity index (χ1v) is 5.86. The van der Waals surface area contributed by atoms with Crippen LogP contribution in [-0.2, 0) is 0 Å². The van der Waals surface area contributed by atoms with Gasteiger partial charge in [-0.15, -0.1) is 5.10 Å². The van der Waals surface area contributed by atoms with Gasteiger partial charge in [0.25, 0.3) is 0 Å². The second-order valence-corrected chi connectivity index (χ2v) is 4.51. The van der Waals surface area contributed by atoms with Gasteiger partial charge in [-0.3, -0.25) is 0 Å². The molecule has 5 heteroatoms. The number of fused-ring (bicyclic) bond motifs is 1. The van der Waals surface area contributed by atoms with E-state index in [0.29, 0.717) is 6.04 Å². The Bertz CT molecular complexity index is 502. The number of hydrogen-bond donors (Lipinski definition) is 0. The summed E-state index contributed by atoms with van der Waals surface area (Å²) in [5, 5.41) is 13.5. The summed E-state index contributed by atoms with van der Waals surface area (Å²) in [7, 11) is 0. The van der Waals surface area contributed by atoms with E-state index in [4.69, 9.17) is 11.6 Å². The minimum atomic E-state index is 0.418. The highest BCUT2D eigenvalue weighted by Gasteiger charge is 2.18. The summed E-state index contributed by atoms with van der Waals surface area (Å²) < 4.78 is 2.00. The van der Waals surface area contributed by atoms with Crippen LogP contribution >= 0.6 is 11.6 Å². The highest BCUT2D eigenvalue weighted by atomic mass is 35.5. The van der Waals surface area contributed by atoms with Crippen molar-refractivity contribution in [3.8, 4) is 0 Å². The molecule has 2 aromatic rings. The quantitative estimate of drug-likeness (QED) is 0.759. The molecule has 0 amide bonds. The fourth-order valence-corrected chi connectivity index (χ4v) is 2.33. The molecule has 1 aromatic heterocycles. The number of aromatic nitrogens is 3. The highest BCUT2D eigenvalue weighted by molar-refractivity contribution is 6.31. The average molecular weight is 236 g/mol. The predicted molar refractivity (Wildman–Crippen MR) is 62.7 cm³/mol. The lowest BCUT2D eigenvalue weighted by atomic mass is 10.1. The van der Waals surface area contributed by atoms with Crippen LogP contribution in [0.15, 0.2) is 18.2 Å². The Labute approximate surface area is 98.6 Å². The van der Waals surface area contributed by atoms with E-state index >= 15 is 0 Å². The molecular formula is C11H12ClN4. The number of halogens is 1. The molecule has 1 aliphatic rings. The fraction of sp³-hybridized carbons (Fsp3) is 0.455. The normalized spacial score (nSPS) is 18.1. The van der Waals surface area contributed by atoms with Gasteiger partial charge in [0.2, 0.25) is 0 Å². The van der Waals surface area contributed by atoms with E-state index in [0.717, 1.165) is 42.0 Å². The average Bonchev–Trinajstić information content (AvgIpc) is 2.73. The Kier molecular flexibility index (Phi) is 2.53. The molecular weight excluding hydrogens is 224 g/mol. The van der Waals surface area contributed by atoms with E-state index in [1.165, 1.54) is 0 Å². The van der Waals surface area contributed by atoms with Crippen LogP contribution in [0.1, 0.15) is 18.9 Å². The van der Waals surface area contributed by atoms with E-state index in [1.54, 1.807) is 0 Å². The van der Waals surface area contributed by atoms with Crippen LogP contribution in [0, 0.1) is 0 Å². The predicted octanol–water partition coefficient (Wildman–Crippen LogP) is 2.02. The van der Waals surface area contributed by atoms with Gasteiger partial charge in [-0.05, 0) is 31.0 Å². The molecule has 0 spiro atoms. The van der Waals surface area contributed by atoms with Crippen molar-refractivity contribution < 1.29 is 0 Å². The molecule has 1 saturated heterocycles. The second kappa shape index (κ2) is 4.03. The number of rotatable bonds is 1. The van der Waals surface area contributed by atoms with Crippen LogP contribution in [0.25, 0.3) is 11.0 Å². The number of benzene rings is 1. The zero-order valence-corrected chi connectivity index (χ0v) is 9.56. The topological polar surface area (TPSA) is 44.8 Å². The van der Waals surface area contributed by atoms with Gasteiger partial charge in [0.15, 0.2) is 0 Å². The van der Waals surface area contributed by atoms with Crippen molar-refractivity contribution in [2.24, 2.45) is 0 Å². The first kappa shape index (κ1) is 10.1. The molecule has 0 atom stereocenters. The molecule has 1 radical (unpaired) electrons. The molecule has 0 bridgehead atoms. The molecule has 16 heavy (non-hydrogen) atoms. The van der Waals surface area contributed by atoms with Crippen molar-refractivity contribution in [3.63, 3.8) is 0 Å². The largest absolute Gasteiger partial charge is 0.242 e. The third-order valence-corrected chi connectivity index (χ3v) is 3.25. The fourth-order valence-electron chi connectivity index (χ4n) is 2.16. The van der Waals surface area contributed by atoms with E-state index < -0.39 is 0 Å². The first-order chi connectivity index (χ1) is 7.84. The van der Waals surface area contributed by atoms with E-state index in [2.05, 4.69) is 15.6 Å². The smallest absolute Gasteiger partial charge is 0.113 e. The van der Waals surface area contributed by atoms with Crippen molar-refractivity contribution in [3.05, 3.63) is 23.2 Å². The third-order valence-electron chi connectivity index (χ3n) is 3.02. The maximum atomic E-state index is 6.00. The van der Waals surface area contributed by atoms with Gasteiger partial charge in [-0.2, -0.15) is 0 Å². The van der Waals surface area contributed by atoms with E-state index in [-0.39, 0.29) is 0 Å². The first-order valence-electron chi connectivity index (χ1n) is 5.48. The van der Waals surface area contributed by atoms with Gasteiger partial charge < -0.3 is 0 Å². The number of piperidine rings is 1. The number of nitrogens with zero attached hydrogens (tertiary/aromatic N) is 4. The lowest BCUT2D eigenvalue weighted by Crippen LogP contribution is -2.25. The molecule has 1 aliphatic heterocycles. The number of hydrogen-bond acceptors (Lipinski definition) is 2. The third kappa shape index (κ3) is 1.68. The van der Waals surface area contributed by atoms with E-state index in [9.17, 15) is 0 Å². The Hall–Kier alpha value is -1.13. The minimum absolute atomic E-state index is 0.418. The molecule has 0 aliphatic carbocycles. The second-order valence-electron chi connectivity index (χ2n) is 4.07. The molecule has 0 saturated carbocycles. The summed E-state index contributed by atoms with van der Waals surface area (Å²) in [6.45, 7) is 1.85. The Morgan fingerprint density at radius 2 is 2.06 bits per heavy atom. The highest BCUT2D eigenvalue weighted by Crippen LogP contribution is 2.24. The summed E-state index contributed by atoms with van der Waals surface area (Å²) in [6.07, 6.45) is 2.09. The molecule has 83 valence electrons. The molecule has 4 nitrogen and oxygen atoms in total. The van der Waals surface area contributed by atoms with Crippen LogP contribution in [0.2, 0.25) is 5.02 Å². The van der Waals surface area contributed by atoms with Crippen molar-refractivity contribution in [2.45, 2.75) is 18.9 Å². The van der Waals surface area contributed by atoms with Crippen LogP contribution < -0.4 is 5.32 Å². The SMILES string of the molecule is Clc1ccc2nnn(C3CC[N]CC3)c2c1. The molecule has 1 fully saturated rings. The van der Waals surface area contributed by atoms with Gasteiger partial charge in [-0.1, -0.05) is 16.8 Å². The summed E-state index contributed by atoms with van der Waals surface area (Å²) in [5.41, 5.74) is 1.94. The van der Waals surface area contributed by atoms with Crippen LogP contribution in [0.5, 0.6) is 0 Å². The van der Waals surface area contributed by atoms with Gasteiger partial charge in [0.1, 0.15) is 5.52 Å². The molecule has 0 N–H and O–H groups in total. The Balaban J connectivity index is 2.05. The molecule has 2 heterocycles. The maximum Gasteiger partial charge on any atom is 0.113 e. The summed E-state index contributed by atoms with van der Waals surface area (Å²) in [4.78, 5) is 0. The molecule has 3 rings (SSSR count). The minimum Gasteiger partial charge on any atom is -0.242 e. The molecule has 0 unspecified atom stereocenters. The van der Waals surface area contributed by atoms with Crippen LogP contribution in [0.4, 0.5) is 0 Å². The standard InChI is InChI=1S/C11H12ClN4/c12-8-1-2-10-11(7-8)16(15-14-10)9-3-5-13-6-4-9/h1-2,7,9H,3-6H2. The van der Waals surface area contributed by atoms with Gasteiger partial charge in [-0.25, -0.2) is 10.00 Å². The Morgan fingerprint density at radius 3 is 2.88 bits per heavy atom. The van der Waals surface area contributed by atoms with E-state index in [1.807, 2.05) is 22.9 Å². The summed E-state index contributed by atoms with van der Waals surface area (Å²) >= 11 is 6.00. The van der Waals surface area contributed by atoms with Gasteiger partial charge in [0, 0.05) is 18.1 Å². The lowest BCUT2D eigenvalue weighted by Gasteiger charge is -2.21. The summed E-state index contributed by atoms with van der Waals surface area (Å²) in [6, 6.07) is 6.11. The Morgan fingerprint density at radius 1 is 1.25 bits per heavy atom. The monoisotopic (exact) mass is 235 g/mol. The lowest BCUT2D eigenvalue weighted by molar-refractivity contribution is 0.341. The van der Waals surface area contributed by atoms with Gasteiger partial charge >= 0.3 is 0 Å². The van der Waals surface area contributed by atoms with Crippen LogP contribution in [0.3, 0.4) is 0 Å². The van der Waals surface area contributed by atoms with Crippen molar-refractivity contribution in [2.75, 3.05) is 13.1 Å². The zero-order valence-electron chi connectivity index (χ0n) is 8.80. The van der Waals surface area contributed by atoms with Crippen molar-refractivity contribution >= 4 is 22.6 Å². The van der Waals surface area contributed by atoms with Gasteiger partial charge in [0.05, 0.1) is 11.6 Å². The van der Waals surface area contributed by atoms with Crippen LogP contribution in [-0.4, -0.2) is 28.1 Å². The van der Waals surface area contributed by atoms with Crippen molar-refractivity contribution in [1.29, 1.82) is 0 Å². The summed E-state index contributed by atoms with van der Waals surface area (Å²) in [5.74, 6) is 0. The maximum absolute atomic E-state index is 6.00. The molecule has 1 aromatic carbocycles.